The molecule has 1 unspecified atom stereocenters. The molecule has 0 aliphatic carbocycles. The Morgan fingerprint density at radius 2 is 2.18 bits per heavy atom. The Labute approximate surface area is 129 Å². The van der Waals surface area contributed by atoms with E-state index in [1.807, 2.05) is 0 Å². The van der Waals surface area contributed by atoms with Gasteiger partial charge in [0.15, 0.2) is 6.29 Å². The smallest absolute Gasteiger partial charge is 0.255 e. The second kappa shape index (κ2) is 6.55. The Kier molecular flexibility index (Phi) is 4.75. The molecule has 2 radical (unpaired) electrons. The predicted molar refractivity (Wildman–Crippen MR) is 79.6 cm³/mol. The first-order chi connectivity index (χ1) is 10.5. The third-order valence-electron chi connectivity index (χ3n) is 3.71. The van der Waals surface area contributed by atoms with E-state index in [1.165, 1.54) is 18.0 Å². The van der Waals surface area contributed by atoms with Crippen LogP contribution in [0.2, 0.25) is 0 Å². The maximum absolute atomic E-state index is 12.5. The fourth-order valence-electron chi connectivity index (χ4n) is 2.41. The van der Waals surface area contributed by atoms with Crippen molar-refractivity contribution in [1.29, 1.82) is 0 Å². The van der Waals surface area contributed by atoms with Crippen molar-refractivity contribution < 1.29 is 19.2 Å². The van der Waals surface area contributed by atoms with E-state index in [2.05, 4.69) is 5.32 Å². The molecule has 7 heteroatoms. The number of likely N-dealkylation sites (N-methyl/N-ethyl adjacent to an activating group) is 1. The van der Waals surface area contributed by atoms with Crippen molar-refractivity contribution in [3.8, 4) is 0 Å². The van der Waals surface area contributed by atoms with Crippen LogP contribution in [-0.2, 0) is 15.9 Å². The van der Waals surface area contributed by atoms with E-state index in [9.17, 15) is 19.2 Å². The van der Waals surface area contributed by atoms with Gasteiger partial charge in [-0.1, -0.05) is 17.9 Å². The fourth-order valence-corrected chi connectivity index (χ4v) is 2.41. The molecule has 1 fully saturated rings. The second-order valence-corrected chi connectivity index (χ2v) is 5.13. The van der Waals surface area contributed by atoms with Gasteiger partial charge >= 0.3 is 0 Å². The summed E-state index contributed by atoms with van der Waals surface area (Å²) in [4.78, 5) is 47.9. The number of carbonyl (C=O) groups excluding carboxylic acids is 4. The molecule has 3 amide bonds. The van der Waals surface area contributed by atoms with Gasteiger partial charge in [-0.2, -0.15) is 0 Å². The lowest BCUT2D eigenvalue weighted by Gasteiger charge is -2.30. The number of hydrogen-bond acceptors (Lipinski definition) is 4. The van der Waals surface area contributed by atoms with Gasteiger partial charge in [0.2, 0.25) is 11.8 Å². The molecule has 22 heavy (non-hydrogen) atoms. The van der Waals surface area contributed by atoms with E-state index < -0.39 is 17.9 Å². The summed E-state index contributed by atoms with van der Waals surface area (Å²) >= 11 is 0. The quantitative estimate of drug-likeness (QED) is 0.483. The van der Waals surface area contributed by atoms with Gasteiger partial charge < -0.3 is 4.90 Å². The number of benzene rings is 1. The number of rotatable bonds is 4. The van der Waals surface area contributed by atoms with Crippen molar-refractivity contribution >= 4 is 31.9 Å². The first-order valence-electron chi connectivity index (χ1n) is 6.87. The van der Waals surface area contributed by atoms with E-state index in [0.717, 1.165) is 5.56 Å². The lowest BCUT2D eigenvalue weighted by atomic mass is 9.93. The van der Waals surface area contributed by atoms with E-state index >= 15 is 0 Å². The van der Waals surface area contributed by atoms with Crippen LogP contribution >= 0.6 is 0 Å². The number of nitrogens with zero attached hydrogens (tertiary/aromatic N) is 1. The monoisotopic (exact) mass is 298 g/mol. The van der Waals surface area contributed by atoms with Gasteiger partial charge in [-0.15, -0.1) is 0 Å². The van der Waals surface area contributed by atoms with Crippen LogP contribution in [0.3, 0.4) is 0 Å². The standard InChI is InChI=1S/C15H15BN2O4/c1-18(12-4-5-13(20)17-14(12)21)15(22)11-3-2-9(7-16)6-10(11)8-19/h2-3,6,8,12H,4-5,7H2,1H3,(H,17,20,21). The van der Waals surface area contributed by atoms with E-state index in [0.29, 0.717) is 6.29 Å². The molecule has 1 aromatic carbocycles. The fraction of sp³-hybridized carbons (Fsp3) is 0.333. The maximum Gasteiger partial charge on any atom is 0.255 e. The zero-order chi connectivity index (χ0) is 16.3. The molecule has 1 N–H and O–H groups in total. The molecule has 0 bridgehead atoms. The number of piperidine rings is 1. The molecule has 1 saturated heterocycles. The molecule has 1 aliphatic heterocycles. The van der Waals surface area contributed by atoms with Crippen molar-refractivity contribution in [2.75, 3.05) is 7.05 Å². The Hall–Kier alpha value is -2.44. The van der Waals surface area contributed by atoms with Crippen LogP contribution in [0.25, 0.3) is 0 Å². The van der Waals surface area contributed by atoms with Crippen molar-refractivity contribution in [1.82, 2.24) is 10.2 Å². The topological polar surface area (TPSA) is 83.6 Å². The summed E-state index contributed by atoms with van der Waals surface area (Å²) in [5.41, 5.74) is 1.17. The summed E-state index contributed by atoms with van der Waals surface area (Å²) in [6, 6.07) is 4.02. The van der Waals surface area contributed by atoms with E-state index in [-0.39, 0.29) is 36.2 Å². The molecular weight excluding hydrogens is 283 g/mol. The number of imide groups is 1. The lowest BCUT2D eigenvalue weighted by molar-refractivity contribution is -0.136. The summed E-state index contributed by atoms with van der Waals surface area (Å²) < 4.78 is 0. The molecule has 0 aromatic heterocycles. The van der Waals surface area contributed by atoms with E-state index in [4.69, 9.17) is 7.85 Å². The van der Waals surface area contributed by atoms with Gasteiger partial charge in [-0.25, -0.2) is 0 Å². The Morgan fingerprint density at radius 1 is 1.45 bits per heavy atom. The third kappa shape index (κ3) is 3.08. The molecule has 6 nitrogen and oxygen atoms in total. The van der Waals surface area contributed by atoms with Crippen LogP contribution in [0.4, 0.5) is 0 Å². The molecular formula is C15H15BN2O4. The largest absolute Gasteiger partial charge is 0.330 e. The molecule has 0 saturated carbocycles. The molecule has 1 aliphatic rings. The predicted octanol–water partition coefficient (Wildman–Crippen LogP) is 0.0448. The SMILES string of the molecule is [B]Cc1ccc(C(=O)N(C)C2CCC(=O)NC2=O)c(C=O)c1. The average Bonchev–Trinajstić information content (AvgIpc) is 2.53. The zero-order valence-corrected chi connectivity index (χ0v) is 12.2. The van der Waals surface area contributed by atoms with Gasteiger partial charge in [0.05, 0.1) is 13.4 Å². The van der Waals surface area contributed by atoms with Crippen molar-refractivity contribution in [2.45, 2.75) is 25.2 Å². The number of hydrogen-bond donors (Lipinski definition) is 1. The first kappa shape index (κ1) is 15.9. The second-order valence-electron chi connectivity index (χ2n) is 5.13. The van der Waals surface area contributed by atoms with Crippen molar-refractivity contribution in [3.63, 3.8) is 0 Å². The molecule has 112 valence electrons. The first-order valence-corrected chi connectivity index (χ1v) is 6.87. The normalized spacial score (nSPS) is 17.8. The highest BCUT2D eigenvalue weighted by molar-refractivity contribution is 6.09. The number of nitrogens with one attached hydrogen (secondary N) is 1. The minimum atomic E-state index is -0.723. The van der Waals surface area contributed by atoms with Crippen LogP contribution < -0.4 is 5.32 Å². The molecule has 1 aromatic rings. The van der Waals surface area contributed by atoms with Crippen LogP contribution in [0, 0.1) is 0 Å². The van der Waals surface area contributed by atoms with Gasteiger partial charge in [0.1, 0.15) is 6.04 Å². The lowest BCUT2D eigenvalue weighted by Crippen LogP contribution is -2.53. The third-order valence-corrected chi connectivity index (χ3v) is 3.71. The highest BCUT2D eigenvalue weighted by Crippen LogP contribution is 2.17. The summed E-state index contributed by atoms with van der Waals surface area (Å²) in [5.74, 6) is -1.29. The van der Waals surface area contributed by atoms with Gasteiger partial charge in [0.25, 0.3) is 5.91 Å². The van der Waals surface area contributed by atoms with Crippen LogP contribution in [0.1, 0.15) is 39.1 Å². The maximum atomic E-state index is 12.5. The van der Waals surface area contributed by atoms with Gasteiger partial charge in [0, 0.05) is 19.0 Å². The minimum Gasteiger partial charge on any atom is -0.330 e. The highest BCUT2D eigenvalue weighted by Gasteiger charge is 2.33. The molecule has 1 atom stereocenters. The Morgan fingerprint density at radius 3 is 2.77 bits per heavy atom. The van der Waals surface area contributed by atoms with Crippen LogP contribution in [-0.4, -0.2) is 49.8 Å². The molecule has 1 heterocycles. The molecule has 0 spiro atoms. The Bertz CT molecular complexity index is 644. The van der Waals surface area contributed by atoms with E-state index in [1.54, 1.807) is 12.1 Å². The number of aldehydes is 1. The highest BCUT2D eigenvalue weighted by atomic mass is 16.2. The Balaban J connectivity index is 2.25. The van der Waals surface area contributed by atoms with Gasteiger partial charge in [-0.05, 0) is 18.6 Å². The van der Waals surface area contributed by atoms with Crippen molar-refractivity contribution in [3.05, 3.63) is 34.9 Å². The summed E-state index contributed by atoms with van der Waals surface area (Å²) in [5, 5.41) is 2.21. The summed E-state index contributed by atoms with van der Waals surface area (Å²) in [6.07, 6.45) is 1.30. The van der Waals surface area contributed by atoms with Crippen LogP contribution in [0.5, 0.6) is 0 Å². The number of carbonyl (C=O) groups is 4. The van der Waals surface area contributed by atoms with Crippen molar-refractivity contribution in [2.24, 2.45) is 0 Å². The summed E-state index contributed by atoms with van der Waals surface area (Å²) in [7, 11) is 6.99. The minimum absolute atomic E-state index is 0.181. The molecule has 2 rings (SSSR count). The summed E-state index contributed by atoms with van der Waals surface area (Å²) in [6.45, 7) is 0. The number of amides is 3. The zero-order valence-electron chi connectivity index (χ0n) is 12.2. The van der Waals surface area contributed by atoms with Gasteiger partial charge in [-0.3, -0.25) is 24.5 Å². The average molecular weight is 298 g/mol. The van der Waals surface area contributed by atoms with Crippen LogP contribution in [0.15, 0.2) is 18.2 Å².